The predicted octanol–water partition coefficient (Wildman–Crippen LogP) is 6.87. The minimum atomic E-state index is -2.95. The molecule has 0 unspecified atom stereocenters. The first-order valence-electron chi connectivity index (χ1n) is 17.3. The van der Waals surface area contributed by atoms with Gasteiger partial charge in [0.2, 0.25) is 5.91 Å². The van der Waals surface area contributed by atoms with Crippen LogP contribution in [0.25, 0.3) is 0 Å². The summed E-state index contributed by atoms with van der Waals surface area (Å²) in [5.74, 6) is -5.35. The summed E-state index contributed by atoms with van der Waals surface area (Å²) in [7, 11) is -2.95. The predicted molar refractivity (Wildman–Crippen MR) is 190 cm³/mol. The number of carbonyl (C=O) groups excluding carboxylic acids is 2. The SMILES string of the molecule is CC(=O)O[C@@H](CC[C@H]1C(=O)N(c2ccc(CCCCCCS(C)(=O)=O)cc2)[C@@H]1c1ccc(CCCC(C(=O)O)C(=O)O)cc1)c1ccc(F)cc1. The molecule has 3 aromatic rings. The standard InChI is InChI=1S/C39H46FNO9S/c1-26(42)50-35(29-17-19-31(40)20-18-29)24-23-33-36(30-15-11-28(12-16-30)9-7-10-34(38(44)45)39(46)47)41(37(33)43)32-21-13-27(14-22-32)8-5-3-4-6-25-51(2,48)49/h11-22,33-36H,3-10,23-25H2,1-2H3,(H,44,45)(H,46,47)/t33-,35+,36-/m1/s1. The second kappa shape index (κ2) is 18.1. The van der Waals surface area contributed by atoms with Gasteiger partial charge in [-0.15, -0.1) is 0 Å². The molecule has 1 heterocycles. The van der Waals surface area contributed by atoms with E-state index in [4.69, 9.17) is 14.9 Å². The van der Waals surface area contributed by atoms with E-state index in [1.165, 1.54) is 25.3 Å². The highest BCUT2D eigenvalue weighted by Crippen LogP contribution is 2.46. The molecule has 3 aromatic carbocycles. The van der Waals surface area contributed by atoms with Crippen molar-refractivity contribution in [3.05, 3.63) is 101 Å². The van der Waals surface area contributed by atoms with Gasteiger partial charge in [-0.05, 0) is 97.9 Å². The van der Waals surface area contributed by atoms with Gasteiger partial charge in [0.05, 0.1) is 12.0 Å². The number of carbonyl (C=O) groups is 4. The number of halogens is 1. The van der Waals surface area contributed by atoms with Crippen LogP contribution in [0.5, 0.6) is 0 Å². The third-order valence-electron chi connectivity index (χ3n) is 9.32. The average molecular weight is 724 g/mol. The van der Waals surface area contributed by atoms with Crippen LogP contribution in [0.2, 0.25) is 0 Å². The summed E-state index contributed by atoms with van der Waals surface area (Å²) in [4.78, 5) is 50.0. The molecule has 1 amide bonds. The molecule has 0 spiro atoms. The molecule has 1 saturated heterocycles. The van der Waals surface area contributed by atoms with Crippen LogP contribution in [0, 0.1) is 17.7 Å². The van der Waals surface area contributed by atoms with Crippen LogP contribution in [0.1, 0.15) is 92.7 Å². The van der Waals surface area contributed by atoms with Crippen molar-refractivity contribution >= 4 is 39.3 Å². The van der Waals surface area contributed by atoms with E-state index in [-0.39, 0.29) is 24.1 Å². The van der Waals surface area contributed by atoms with E-state index in [1.54, 1.807) is 17.0 Å². The maximum absolute atomic E-state index is 13.8. The summed E-state index contributed by atoms with van der Waals surface area (Å²) in [5.41, 5.74) is 4.29. The summed E-state index contributed by atoms with van der Waals surface area (Å²) in [6.45, 7) is 1.31. The first-order valence-corrected chi connectivity index (χ1v) is 19.4. The van der Waals surface area contributed by atoms with Crippen molar-refractivity contribution in [2.45, 2.75) is 83.3 Å². The number of ether oxygens (including phenoxy) is 1. The number of unbranched alkanes of at least 4 members (excludes halogenated alkanes) is 3. The topological polar surface area (TPSA) is 155 Å². The number of aliphatic carboxylic acids is 2. The molecule has 2 N–H and O–H groups in total. The van der Waals surface area contributed by atoms with Crippen molar-refractivity contribution < 1.29 is 46.9 Å². The number of amides is 1. The van der Waals surface area contributed by atoms with E-state index in [9.17, 15) is 32.0 Å². The Labute approximate surface area is 298 Å². The molecule has 0 radical (unpaired) electrons. The monoisotopic (exact) mass is 723 g/mol. The number of rotatable bonds is 20. The minimum absolute atomic E-state index is 0.0101. The van der Waals surface area contributed by atoms with Gasteiger partial charge in [-0.3, -0.25) is 19.2 Å². The van der Waals surface area contributed by atoms with E-state index >= 15 is 0 Å². The summed E-state index contributed by atoms with van der Waals surface area (Å²) in [6, 6.07) is 21.0. The smallest absolute Gasteiger partial charge is 0.317 e. The quantitative estimate of drug-likeness (QED) is 0.0550. The van der Waals surface area contributed by atoms with Gasteiger partial charge in [0.25, 0.3) is 0 Å². The number of carboxylic acids is 2. The summed E-state index contributed by atoms with van der Waals surface area (Å²) >= 11 is 0. The number of anilines is 1. The second-order valence-corrected chi connectivity index (χ2v) is 15.6. The number of hydrogen-bond acceptors (Lipinski definition) is 7. The van der Waals surface area contributed by atoms with Crippen molar-refractivity contribution in [3.8, 4) is 0 Å². The van der Waals surface area contributed by atoms with Crippen molar-refractivity contribution in [2.75, 3.05) is 16.9 Å². The number of carboxylic acid groups (broad SMARTS) is 2. The van der Waals surface area contributed by atoms with Gasteiger partial charge in [0.1, 0.15) is 21.8 Å². The lowest BCUT2D eigenvalue weighted by Gasteiger charge is -2.48. The first kappa shape index (κ1) is 39.2. The third kappa shape index (κ3) is 11.5. The van der Waals surface area contributed by atoms with Gasteiger partial charge >= 0.3 is 17.9 Å². The number of hydrogen-bond donors (Lipinski definition) is 2. The van der Waals surface area contributed by atoms with E-state index in [2.05, 4.69) is 0 Å². The lowest BCUT2D eigenvalue weighted by molar-refractivity contribution is -0.155. The van der Waals surface area contributed by atoms with E-state index in [1.807, 2.05) is 48.5 Å². The zero-order valence-electron chi connectivity index (χ0n) is 29.0. The Morgan fingerprint density at radius 3 is 1.94 bits per heavy atom. The molecule has 1 aliphatic rings. The van der Waals surface area contributed by atoms with Gasteiger partial charge in [-0.2, -0.15) is 0 Å². The van der Waals surface area contributed by atoms with Crippen LogP contribution in [0.15, 0.2) is 72.8 Å². The molecular weight excluding hydrogens is 677 g/mol. The molecule has 3 atom stereocenters. The molecule has 4 rings (SSSR count). The van der Waals surface area contributed by atoms with Crippen LogP contribution in [0.4, 0.5) is 10.1 Å². The minimum Gasteiger partial charge on any atom is -0.481 e. The number of esters is 1. The fraction of sp³-hybridized carbons (Fsp3) is 0.436. The lowest BCUT2D eigenvalue weighted by atomic mass is 9.78. The van der Waals surface area contributed by atoms with Crippen LogP contribution >= 0.6 is 0 Å². The van der Waals surface area contributed by atoms with Gasteiger partial charge in [-0.25, -0.2) is 12.8 Å². The zero-order valence-corrected chi connectivity index (χ0v) is 29.8. The number of β-lactam (4-membered cyclic amide) rings is 1. The fourth-order valence-electron chi connectivity index (χ4n) is 6.62. The molecule has 0 aliphatic carbocycles. The maximum Gasteiger partial charge on any atom is 0.317 e. The largest absolute Gasteiger partial charge is 0.481 e. The molecule has 10 nitrogen and oxygen atoms in total. The Morgan fingerprint density at radius 1 is 0.804 bits per heavy atom. The highest BCUT2D eigenvalue weighted by Gasteiger charge is 2.48. The van der Waals surface area contributed by atoms with Gasteiger partial charge in [-0.1, -0.05) is 61.4 Å². The molecular formula is C39H46FNO9S. The number of benzene rings is 3. The Hall–Kier alpha value is -4.58. The summed E-state index contributed by atoms with van der Waals surface area (Å²) < 4.78 is 41.9. The number of aryl methyl sites for hydroxylation is 2. The Bertz CT molecular complexity index is 1750. The molecule has 0 bridgehead atoms. The van der Waals surface area contributed by atoms with Crippen LogP contribution < -0.4 is 4.90 Å². The normalized spacial score (nSPS) is 16.5. The van der Waals surface area contributed by atoms with Crippen LogP contribution in [-0.2, 0) is 46.6 Å². The first-order chi connectivity index (χ1) is 24.2. The van der Waals surface area contributed by atoms with E-state index in [0.717, 1.165) is 48.1 Å². The highest BCUT2D eigenvalue weighted by molar-refractivity contribution is 7.90. The zero-order chi connectivity index (χ0) is 37.1. The summed E-state index contributed by atoms with van der Waals surface area (Å²) in [5, 5.41) is 18.3. The van der Waals surface area contributed by atoms with Crippen molar-refractivity contribution in [3.63, 3.8) is 0 Å². The molecule has 0 saturated carbocycles. The molecule has 274 valence electrons. The molecule has 1 fully saturated rings. The van der Waals surface area contributed by atoms with Crippen molar-refractivity contribution in [1.29, 1.82) is 0 Å². The van der Waals surface area contributed by atoms with Crippen LogP contribution in [-0.4, -0.2) is 54.5 Å². The third-order valence-corrected chi connectivity index (χ3v) is 10.4. The molecule has 1 aliphatic heterocycles. The number of sulfone groups is 1. The van der Waals surface area contributed by atoms with Crippen LogP contribution in [0.3, 0.4) is 0 Å². The summed E-state index contributed by atoms with van der Waals surface area (Å²) in [6.07, 6.45) is 6.42. The average Bonchev–Trinajstić information content (AvgIpc) is 3.07. The van der Waals surface area contributed by atoms with E-state index < -0.39 is 51.5 Å². The fourth-order valence-corrected chi connectivity index (χ4v) is 7.34. The van der Waals surface area contributed by atoms with Gasteiger partial charge < -0.3 is 19.8 Å². The van der Waals surface area contributed by atoms with Crippen molar-refractivity contribution in [2.24, 2.45) is 11.8 Å². The van der Waals surface area contributed by atoms with Crippen molar-refractivity contribution in [1.82, 2.24) is 0 Å². The Kier molecular flexibility index (Phi) is 13.9. The van der Waals surface area contributed by atoms with Gasteiger partial charge in [0, 0.05) is 24.6 Å². The Balaban J connectivity index is 1.48. The maximum atomic E-state index is 13.8. The Morgan fingerprint density at radius 2 is 1.37 bits per heavy atom. The van der Waals surface area contributed by atoms with E-state index in [0.29, 0.717) is 37.7 Å². The lowest BCUT2D eigenvalue weighted by Crippen LogP contribution is -2.55. The molecule has 51 heavy (non-hydrogen) atoms. The molecule has 0 aromatic heterocycles. The van der Waals surface area contributed by atoms with Gasteiger partial charge in [0.15, 0.2) is 5.92 Å². The molecule has 12 heteroatoms. The highest BCUT2D eigenvalue weighted by atomic mass is 32.2. The second-order valence-electron chi connectivity index (χ2n) is 13.3. The number of nitrogens with zero attached hydrogens (tertiary/aromatic N) is 1.